The van der Waals surface area contributed by atoms with Crippen LogP contribution < -0.4 is 5.32 Å². The van der Waals surface area contributed by atoms with E-state index in [2.05, 4.69) is 30.6 Å². The summed E-state index contributed by atoms with van der Waals surface area (Å²) < 4.78 is 4.79. The van der Waals surface area contributed by atoms with E-state index in [1.165, 1.54) is 4.88 Å². The van der Waals surface area contributed by atoms with E-state index in [4.69, 9.17) is 4.74 Å². The van der Waals surface area contributed by atoms with Crippen LogP contribution in [0.15, 0.2) is 17.5 Å². The maximum absolute atomic E-state index is 11.2. The topological polar surface area (TPSA) is 58.6 Å². The van der Waals surface area contributed by atoms with Crippen LogP contribution in [0, 0.1) is 0 Å². The van der Waals surface area contributed by atoms with Crippen LogP contribution in [0.4, 0.5) is 0 Å². The first-order chi connectivity index (χ1) is 8.95. The Balaban J connectivity index is 2.28. The average molecular weight is 285 g/mol. The number of hydrogen-bond acceptors (Lipinski definition) is 5. The molecule has 1 atom stereocenters. The third-order valence-corrected chi connectivity index (χ3v) is 4.08. The van der Waals surface area contributed by atoms with Crippen LogP contribution in [0.3, 0.4) is 0 Å². The van der Waals surface area contributed by atoms with Crippen LogP contribution in [0.25, 0.3) is 0 Å². The fourth-order valence-electron chi connectivity index (χ4n) is 1.79. The van der Waals surface area contributed by atoms with Gasteiger partial charge in [0, 0.05) is 23.4 Å². The predicted molar refractivity (Wildman–Crippen MR) is 77.5 cm³/mol. The average Bonchev–Trinajstić information content (AvgIpc) is 2.82. The summed E-state index contributed by atoms with van der Waals surface area (Å²) in [7, 11) is 0. The zero-order valence-electron chi connectivity index (χ0n) is 11.8. The van der Waals surface area contributed by atoms with Crippen LogP contribution in [0.5, 0.6) is 0 Å². The molecule has 0 aliphatic carbocycles. The highest BCUT2D eigenvalue weighted by Crippen LogP contribution is 2.26. The smallest absolute Gasteiger partial charge is 0.308 e. The van der Waals surface area contributed by atoms with E-state index in [1.54, 1.807) is 18.3 Å². The van der Waals surface area contributed by atoms with Gasteiger partial charge in [0.25, 0.3) is 0 Å². The molecule has 1 aromatic rings. The summed E-state index contributed by atoms with van der Waals surface area (Å²) in [6.45, 7) is 7.57. The summed E-state index contributed by atoms with van der Waals surface area (Å²) >= 11 is 1.73. The summed E-state index contributed by atoms with van der Waals surface area (Å²) in [5, 5.41) is 15.0. The van der Waals surface area contributed by atoms with E-state index in [0.717, 1.165) is 6.54 Å². The van der Waals surface area contributed by atoms with Crippen molar-refractivity contribution in [2.45, 2.75) is 38.7 Å². The number of esters is 1. The molecule has 4 nitrogen and oxygen atoms in total. The minimum absolute atomic E-state index is 0.0256. The molecule has 2 N–H and O–H groups in total. The fraction of sp³-hybridized carbons (Fsp3) is 0.643. The Kier molecular flexibility index (Phi) is 6.48. The van der Waals surface area contributed by atoms with Gasteiger partial charge in [0.05, 0.1) is 19.1 Å². The van der Waals surface area contributed by atoms with E-state index in [1.807, 2.05) is 6.07 Å². The van der Waals surface area contributed by atoms with E-state index in [-0.39, 0.29) is 17.8 Å². The third-order valence-electron chi connectivity index (χ3n) is 2.84. The highest BCUT2D eigenvalue weighted by Gasteiger charge is 2.21. The monoisotopic (exact) mass is 285 g/mol. The van der Waals surface area contributed by atoms with Crippen LogP contribution >= 0.6 is 11.3 Å². The maximum Gasteiger partial charge on any atom is 0.308 e. The van der Waals surface area contributed by atoms with E-state index < -0.39 is 6.10 Å². The molecular formula is C14H23NO3S. The molecule has 0 fully saturated rings. The Labute approximate surface area is 118 Å². The molecule has 1 heterocycles. The highest BCUT2D eigenvalue weighted by atomic mass is 32.1. The van der Waals surface area contributed by atoms with Crippen molar-refractivity contribution in [3.8, 4) is 0 Å². The van der Waals surface area contributed by atoms with Gasteiger partial charge in [0.1, 0.15) is 0 Å². The number of carbonyl (C=O) groups is 1. The van der Waals surface area contributed by atoms with Gasteiger partial charge < -0.3 is 15.2 Å². The Bertz CT molecular complexity index is 376. The van der Waals surface area contributed by atoms with Crippen molar-refractivity contribution in [2.24, 2.45) is 0 Å². The van der Waals surface area contributed by atoms with Crippen molar-refractivity contribution in [3.05, 3.63) is 22.4 Å². The fourth-order valence-corrected chi connectivity index (χ4v) is 2.64. The molecule has 0 amide bonds. The second-order valence-electron chi connectivity index (χ2n) is 5.16. The SMILES string of the molecule is CCOC(=O)CC(O)CNCC(C)(C)c1cccs1. The molecule has 1 aromatic heterocycles. The van der Waals surface area contributed by atoms with Crippen LogP contribution in [0.2, 0.25) is 0 Å². The van der Waals surface area contributed by atoms with Crippen molar-refractivity contribution in [3.63, 3.8) is 0 Å². The first-order valence-corrected chi connectivity index (χ1v) is 7.42. The van der Waals surface area contributed by atoms with Crippen molar-refractivity contribution in [1.29, 1.82) is 0 Å². The molecule has 0 bridgehead atoms. The second kappa shape index (κ2) is 7.62. The zero-order valence-corrected chi connectivity index (χ0v) is 12.6. The lowest BCUT2D eigenvalue weighted by atomic mass is 9.91. The molecule has 0 aliphatic rings. The summed E-state index contributed by atoms with van der Waals surface area (Å²) in [4.78, 5) is 12.5. The standard InChI is InChI=1S/C14H23NO3S/c1-4-18-13(17)8-11(16)9-15-10-14(2,3)12-6-5-7-19-12/h5-7,11,15-16H,4,8-10H2,1-3H3. The number of thiophene rings is 1. The maximum atomic E-state index is 11.2. The van der Waals surface area contributed by atoms with Crippen molar-refractivity contribution < 1.29 is 14.6 Å². The lowest BCUT2D eigenvalue weighted by Gasteiger charge is -2.24. The highest BCUT2D eigenvalue weighted by molar-refractivity contribution is 7.10. The normalized spacial score (nSPS) is 13.3. The summed E-state index contributed by atoms with van der Waals surface area (Å²) in [6.07, 6.45) is -0.654. The third kappa shape index (κ3) is 5.72. The number of carbonyl (C=O) groups excluding carboxylic acids is 1. The molecule has 5 heteroatoms. The minimum atomic E-state index is -0.696. The van der Waals surface area contributed by atoms with Crippen LogP contribution in [-0.2, 0) is 14.9 Å². The Hall–Kier alpha value is -0.910. The van der Waals surface area contributed by atoms with Gasteiger partial charge in [-0.05, 0) is 18.4 Å². The van der Waals surface area contributed by atoms with Gasteiger partial charge in [0.15, 0.2) is 0 Å². The van der Waals surface area contributed by atoms with Gasteiger partial charge in [-0.25, -0.2) is 0 Å². The van der Waals surface area contributed by atoms with Crippen molar-refractivity contribution in [1.82, 2.24) is 5.32 Å². The lowest BCUT2D eigenvalue weighted by Crippen LogP contribution is -2.37. The molecule has 0 saturated heterocycles. The summed E-state index contributed by atoms with van der Waals surface area (Å²) in [5.74, 6) is -0.352. The largest absolute Gasteiger partial charge is 0.466 e. The summed E-state index contributed by atoms with van der Waals surface area (Å²) in [5.41, 5.74) is 0.0256. The molecular weight excluding hydrogens is 262 g/mol. The Morgan fingerprint density at radius 3 is 2.89 bits per heavy atom. The number of hydrogen-bond donors (Lipinski definition) is 2. The Morgan fingerprint density at radius 2 is 2.32 bits per heavy atom. The van der Waals surface area contributed by atoms with Crippen LogP contribution in [-0.4, -0.2) is 36.9 Å². The van der Waals surface area contributed by atoms with E-state index in [9.17, 15) is 9.90 Å². The van der Waals surface area contributed by atoms with Gasteiger partial charge in [0.2, 0.25) is 0 Å². The lowest BCUT2D eigenvalue weighted by molar-refractivity contribution is -0.145. The van der Waals surface area contributed by atoms with Gasteiger partial charge >= 0.3 is 5.97 Å². The van der Waals surface area contributed by atoms with Crippen LogP contribution in [0.1, 0.15) is 32.1 Å². The van der Waals surface area contributed by atoms with Gasteiger partial charge in [-0.15, -0.1) is 11.3 Å². The first kappa shape index (κ1) is 16.1. The van der Waals surface area contributed by atoms with Crippen molar-refractivity contribution >= 4 is 17.3 Å². The molecule has 108 valence electrons. The number of nitrogens with one attached hydrogen (secondary N) is 1. The molecule has 0 aliphatic heterocycles. The first-order valence-electron chi connectivity index (χ1n) is 6.54. The second-order valence-corrected chi connectivity index (χ2v) is 6.10. The van der Waals surface area contributed by atoms with Gasteiger partial charge in [-0.1, -0.05) is 19.9 Å². The molecule has 0 spiro atoms. The molecule has 0 saturated carbocycles. The molecule has 1 unspecified atom stereocenters. The number of aliphatic hydroxyl groups is 1. The van der Waals surface area contributed by atoms with E-state index in [0.29, 0.717) is 13.2 Å². The predicted octanol–water partition coefficient (Wildman–Crippen LogP) is 1.93. The molecule has 0 radical (unpaired) electrons. The Morgan fingerprint density at radius 1 is 1.58 bits per heavy atom. The molecule has 1 rings (SSSR count). The summed E-state index contributed by atoms with van der Waals surface area (Å²) in [6, 6.07) is 4.15. The molecule has 0 aromatic carbocycles. The minimum Gasteiger partial charge on any atom is -0.466 e. The van der Waals surface area contributed by atoms with E-state index >= 15 is 0 Å². The number of aliphatic hydroxyl groups excluding tert-OH is 1. The molecule has 19 heavy (non-hydrogen) atoms. The number of rotatable bonds is 8. The van der Waals surface area contributed by atoms with Gasteiger partial charge in [-0.2, -0.15) is 0 Å². The zero-order chi connectivity index (χ0) is 14.3. The van der Waals surface area contributed by atoms with Gasteiger partial charge in [-0.3, -0.25) is 4.79 Å². The number of ether oxygens (including phenoxy) is 1. The van der Waals surface area contributed by atoms with Crippen molar-refractivity contribution in [2.75, 3.05) is 19.7 Å². The quantitative estimate of drug-likeness (QED) is 0.717.